The topological polar surface area (TPSA) is 47.6 Å². The van der Waals surface area contributed by atoms with Gasteiger partial charge < -0.3 is 9.47 Å². The summed E-state index contributed by atoms with van der Waals surface area (Å²) in [5, 5.41) is 2.18. The monoisotopic (exact) mass is 289 g/mol. The number of ether oxygens (including phenoxy) is 2. The first-order valence-corrected chi connectivity index (χ1v) is 6.02. The third-order valence-electron chi connectivity index (χ3n) is 3.05. The van der Waals surface area contributed by atoms with E-state index in [-0.39, 0.29) is 6.61 Å². The third kappa shape index (κ3) is 3.29. The number of alkyl halides is 3. The van der Waals surface area contributed by atoms with E-state index in [1.165, 1.54) is 0 Å². The molecular weight excluding hydrogens is 275 g/mol. The van der Waals surface area contributed by atoms with Crippen molar-refractivity contribution in [1.82, 2.24) is 5.32 Å². The van der Waals surface area contributed by atoms with E-state index in [4.69, 9.17) is 4.74 Å². The van der Waals surface area contributed by atoms with E-state index in [0.29, 0.717) is 0 Å². The number of esters is 1. The van der Waals surface area contributed by atoms with Crippen molar-refractivity contribution in [2.45, 2.75) is 18.3 Å². The van der Waals surface area contributed by atoms with Crippen LogP contribution in [0.1, 0.15) is 5.56 Å². The Balaban J connectivity index is 1.78. The highest BCUT2D eigenvalue weighted by molar-refractivity contribution is 5.71. The van der Waals surface area contributed by atoms with Crippen molar-refractivity contribution in [2.24, 2.45) is 0 Å². The molecule has 1 aliphatic heterocycles. The minimum Gasteiger partial charge on any atom is -0.460 e. The number of carbonyl (C=O) groups is 1. The summed E-state index contributed by atoms with van der Waals surface area (Å²) in [5.41, 5.74) is -1.35. The van der Waals surface area contributed by atoms with E-state index in [0.717, 1.165) is 5.56 Å². The number of rotatable bonds is 5. The largest absolute Gasteiger partial charge is 0.460 e. The SMILES string of the molecule is O=C(CNC1(C(F)(F)F)COC1)OCc1ccccc1. The zero-order valence-electron chi connectivity index (χ0n) is 10.6. The molecule has 1 saturated heterocycles. The first kappa shape index (κ1) is 14.8. The maximum Gasteiger partial charge on any atom is 0.411 e. The molecule has 0 bridgehead atoms. The highest BCUT2D eigenvalue weighted by atomic mass is 19.4. The van der Waals surface area contributed by atoms with Gasteiger partial charge in [0, 0.05) is 0 Å². The lowest BCUT2D eigenvalue weighted by Crippen LogP contribution is -2.69. The number of carbonyl (C=O) groups excluding carboxylic acids is 1. The first-order chi connectivity index (χ1) is 9.43. The van der Waals surface area contributed by atoms with Crippen LogP contribution in [-0.4, -0.2) is 37.4 Å². The van der Waals surface area contributed by atoms with Crippen LogP contribution in [0.5, 0.6) is 0 Å². The second-order valence-electron chi connectivity index (χ2n) is 4.57. The predicted octanol–water partition coefficient (Wildman–Crippen LogP) is 1.65. The molecule has 0 aliphatic carbocycles. The average Bonchev–Trinajstić information content (AvgIpc) is 2.34. The van der Waals surface area contributed by atoms with Gasteiger partial charge in [0.15, 0.2) is 5.54 Å². The lowest BCUT2D eigenvalue weighted by Gasteiger charge is -2.42. The summed E-state index contributed by atoms with van der Waals surface area (Å²) in [5.74, 6) is -0.732. The molecule has 0 aromatic heterocycles. The van der Waals surface area contributed by atoms with Gasteiger partial charge in [0.05, 0.1) is 19.8 Å². The van der Waals surface area contributed by atoms with Crippen LogP contribution >= 0.6 is 0 Å². The third-order valence-corrected chi connectivity index (χ3v) is 3.05. The lowest BCUT2D eigenvalue weighted by molar-refractivity contribution is -0.267. The van der Waals surface area contributed by atoms with Gasteiger partial charge in [-0.05, 0) is 5.56 Å². The summed E-state index contributed by atoms with van der Waals surface area (Å²) in [6.07, 6.45) is -4.45. The smallest absolute Gasteiger partial charge is 0.411 e. The van der Waals surface area contributed by atoms with Crippen molar-refractivity contribution in [3.63, 3.8) is 0 Å². The molecule has 2 rings (SSSR count). The van der Waals surface area contributed by atoms with Crippen molar-refractivity contribution in [1.29, 1.82) is 0 Å². The number of nitrogens with one attached hydrogen (secondary N) is 1. The average molecular weight is 289 g/mol. The number of halogens is 3. The molecule has 1 fully saturated rings. The molecule has 0 radical (unpaired) electrons. The fourth-order valence-electron chi connectivity index (χ4n) is 1.70. The standard InChI is InChI=1S/C13H14F3NO3/c14-13(15,16)12(8-19-9-12)17-6-11(18)20-7-10-4-2-1-3-5-10/h1-5,17H,6-9H2. The molecule has 7 heteroatoms. The minimum absolute atomic E-state index is 0.0386. The highest BCUT2D eigenvalue weighted by Gasteiger charge is 2.60. The number of hydrogen-bond acceptors (Lipinski definition) is 4. The predicted molar refractivity (Wildman–Crippen MR) is 63.8 cm³/mol. The number of benzene rings is 1. The molecule has 4 nitrogen and oxygen atoms in total. The van der Waals surface area contributed by atoms with Crippen molar-refractivity contribution < 1.29 is 27.4 Å². The molecule has 1 aromatic carbocycles. The van der Waals surface area contributed by atoms with Gasteiger partial charge in [-0.3, -0.25) is 10.1 Å². The summed E-state index contributed by atoms with van der Waals surface area (Å²) in [7, 11) is 0. The Hall–Kier alpha value is -1.60. The van der Waals surface area contributed by atoms with E-state index < -0.39 is 37.4 Å². The van der Waals surface area contributed by atoms with Gasteiger partial charge in [-0.2, -0.15) is 13.2 Å². The molecular formula is C13H14F3NO3. The van der Waals surface area contributed by atoms with Crippen LogP contribution < -0.4 is 5.32 Å². The molecule has 20 heavy (non-hydrogen) atoms. The maximum absolute atomic E-state index is 12.8. The second-order valence-corrected chi connectivity index (χ2v) is 4.57. The van der Waals surface area contributed by atoms with E-state index >= 15 is 0 Å². The van der Waals surface area contributed by atoms with Crippen LogP contribution in [0.4, 0.5) is 13.2 Å². The van der Waals surface area contributed by atoms with Crippen LogP contribution in [-0.2, 0) is 20.9 Å². The summed E-state index contributed by atoms with van der Waals surface area (Å²) in [6, 6.07) is 8.91. The van der Waals surface area contributed by atoms with Gasteiger partial charge >= 0.3 is 12.1 Å². The summed E-state index contributed by atoms with van der Waals surface area (Å²) in [6.45, 7) is -1.43. The van der Waals surface area contributed by atoms with Gasteiger partial charge in [0.1, 0.15) is 6.61 Å². The first-order valence-electron chi connectivity index (χ1n) is 6.02. The van der Waals surface area contributed by atoms with E-state index in [1.54, 1.807) is 24.3 Å². The highest BCUT2D eigenvalue weighted by Crippen LogP contribution is 2.35. The van der Waals surface area contributed by atoms with Gasteiger partial charge in [-0.1, -0.05) is 30.3 Å². The molecule has 0 saturated carbocycles. The summed E-state index contributed by atoms with van der Waals surface area (Å²) < 4.78 is 47.8. The Kier molecular flexibility index (Phi) is 4.29. The van der Waals surface area contributed by atoms with Gasteiger partial charge in [-0.15, -0.1) is 0 Å². The van der Waals surface area contributed by atoms with Crippen LogP contribution in [0.25, 0.3) is 0 Å². The van der Waals surface area contributed by atoms with Crippen LogP contribution in [0.15, 0.2) is 30.3 Å². The molecule has 0 atom stereocenters. The zero-order chi connectivity index (χ0) is 14.6. The van der Waals surface area contributed by atoms with Crippen LogP contribution in [0.3, 0.4) is 0 Å². The summed E-state index contributed by atoms with van der Waals surface area (Å²) >= 11 is 0. The van der Waals surface area contributed by atoms with Gasteiger partial charge in [0.25, 0.3) is 0 Å². The van der Waals surface area contributed by atoms with Crippen LogP contribution in [0.2, 0.25) is 0 Å². The van der Waals surface area contributed by atoms with Crippen molar-refractivity contribution in [3.05, 3.63) is 35.9 Å². The van der Waals surface area contributed by atoms with E-state index in [2.05, 4.69) is 10.1 Å². The number of hydrogen-bond donors (Lipinski definition) is 1. The summed E-state index contributed by atoms with van der Waals surface area (Å²) in [4.78, 5) is 11.4. The minimum atomic E-state index is -4.45. The van der Waals surface area contributed by atoms with Crippen molar-refractivity contribution in [2.75, 3.05) is 19.8 Å². The Labute approximate surface area is 113 Å². The van der Waals surface area contributed by atoms with Crippen LogP contribution in [0, 0.1) is 0 Å². The fraction of sp³-hybridized carbons (Fsp3) is 0.462. The van der Waals surface area contributed by atoms with Gasteiger partial charge in [-0.25, -0.2) is 0 Å². The quantitative estimate of drug-likeness (QED) is 0.837. The van der Waals surface area contributed by atoms with Crippen molar-refractivity contribution >= 4 is 5.97 Å². The Morgan fingerprint density at radius 3 is 2.45 bits per heavy atom. The van der Waals surface area contributed by atoms with Gasteiger partial charge in [0.2, 0.25) is 0 Å². The molecule has 1 aromatic rings. The molecule has 0 unspecified atom stereocenters. The molecule has 1 N–H and O–H groups in total. The normalized spacial score (nSPS) is 17.4. The molecule has 0 spiro atoms. The maximum atomic E-state index is 12.8. The zero-order valence-corrected chi connectivity index (χ0v) is 10.6. The molecule has 0 amide bonds. The molecule has 1 heterocycles. The fourth-order valence-corrected chi connectivity index (χ4v) is 1.70. The second kappa shape index (κ2) is 5.80. The Morgan fingerprint density at radius 2 is 1.95 bits per heavy atom. The van der Waals surface area contributed by atoms with E-state index in [1.807, 2.05) is 6.07 Å². The van der Waals surface area contributed by atoms with E-state index in [9.17, 15) is 18.0 Å². The lowest BCUT2D eigenvalue weighted by atomic mass is 9.97. The van der Waals surface area contributed by atoms with Crippen molar-refractivity contribution in [3.8, 4) is 0 Å². The Bertz CT molecular complexity index is 458. The molecule has 1 aliphatic rings. The Morgan fingerprint density at radius 1 is 1.30 bits per heavy atom. The molecule has 110 valence electrons.